The fourth-order valence-corrected chi connectivity index (χ4v) is 1.81. The maximum absolute atomic E-state index is 11.0. The van der Waals surface area contributed by atoms with Crippen molar-refractivity contribution in [3.8, 4) is 5.75 Å². The Balaban J connectivity index is 2.84. The number of likely N-dealkylation sites (N-methyl/N-ethyl adjacent to an activating group) is 1. The van der Waals surface area contributed by atoms with Crippen molar-refractivity contribution in [3.63, 3.8) is 0 Å². The van der Waals surface area contributed by atoms with E-state index in [-0.39, 0.29) is 0 Å². The zero-order chi connectivity index (χ0) is 13.7. The van der Waals surface area contributed by atoms with Crippen LogP contribution < -0.4 is 4.74 Å². The van der Waals surface area contributed by atoms with E-state index >= 15 is 0 Å². The van der Waals surface area contributed by atoms with Crippen LogP contribution in [-0.4, -0.2) is 31.0 Å². The van der Waals surface area contributed by atoms with Gasteiger partial charge in [-0.3, -0.25) is 4.79 Å². The van der Waals surface area contributed by atoms with E-state index in [1.54, 1.807) is 14.2 Å². The van der Waals surface area contributed by atoms with Crippen molar-refractivity contribution in [1.29, 1.82) is 0 Å². The molecule has 0 aromatic heterocycles. The van der Waals surface area contributed by atoms with Gasteiger partial charge in [0.2, 0.25) is 0 Å². The number of hydrogen-bond donors (Lipinski definition) is 0. The standard InChI is InChI=1S/C14H20ClNO2/c1-10(2)11-5-6-13(18-4)12(9-11)7-8-16(3)14(15)17/h5-6,9-10H,7-8H2,1-4H3. The number of rotatable bonds is 5. The number of carbonyl (C=O) groups is 1. The fraction of sp³-hybridized carbons (Fsp3) is 0.500. The first-order chi connectivity index (χ1) is 8.45. The zero-order valence-electron chi connectivity index (χ0n) is 11.4. The lowest BCUT2D eigenvalue weighted by molar-refractivity contribution is 0.232. The van der Waals surface area contributed by atoms with Gasteiger partial charge in [-0.25, -0.2) is 0 Å². The Morgan fingerprint density at radius 3 is 2.61 bits per heavy atom. The minimum absolute atomic E-state index is 0.436. The molecule has 0 atom stereocenters. The Hall–Kier alpha value is -1.22. The van der Waals surface area contributed by atoms with Crippen molar-refractivity contribution in [1.82, 2.24) is 4.90 Å². The average Bonchev–Trinajstić information content (AvgIpc) is 2.35. The molecule has 0 heterocycles. The monoisotopic (exact) mass is 269 g/mol. The Morgan fingerprint density at radius 2 is 2.11 bits per heavy atom. The third-order valence-electron chi connectivity index (χ3n) is 2.99. The lowest BCUT2D eigenvalue weighted by Crippen LogP contribution is -2.23. The van der Waals surface area contributed by atoms with Crippen LogP contribution >= 0.6 is 11.6 Å². The maximum atomic E-state index is 11.0. The summed E-state index contributed by atoms with van der Waals surface area (Å²) in [4.78, 5) is 12.4. The summed E-state index contributed by atoms with van der Waals surface area (Å²) in [6.07, 6.45) is 0.735. The van der Waals surface area contributed by atoms with Crippen LogP contribution in [-0.2, 0) is 6.42 Å². The lowest BCUT2D eigenvalue weighted by atomic mass is 9.99. The first-order valence-electron chi connectivity index (χ1n) is 6.03. The smallest absolute Gasteiger partial charge is 0.316 e. The molecule has 0 aliphatic carbocycles. The molecule has 0 saturated carbocycles. The van der Waals surface area contributed by atoms with Crippen molar-refractivity contribution in [2.24, 2.45) is 0 Å². The molecule has 0 aliphatic rings. The second-order valence-corrected chi connectivity index (χ2v) is 4.97. The molecule has 0 aliphatic heterocycles. The van der Waals surface area contributed by atoms with Gasteiger partial charge < -0.3 is 9.64 Å². The number of carbonyl (C=O) groups excluding carboxylic acids is 1. The Bertz CT molecular complexity index is 418. The van der Waals surface area contributed by atoms with Gasteiger partial charge in [0, 0.05) is 13.6 Å². The highest BCUT2D eigenvalue weighted by atomic mass is 35.5. The molecular formula is C14H20ClNO2. The van der Waals surface area contributed by atoms with E-state index in [9.17, 15) is 4.79 Å². The van der Waals surface area contributed by atoms with Crippen molar-refractivity contribution in [2.45, 2.75) is 26.2 Å². The molecular weight excluding hydrogens is 250 g/mol. The van der Waals surface area contributed by atoms with Crippen molar-refractivity contribution in [2.75, 3.05) is 20.7 Å². The normalized spacial score (nSPS) is 10.6. The summed E-state index contributed by atoms with van der Waals surface area (Å²) < 4.78 is 5.34. The second-order valence-electron chi connectivity index (χ2n) is 4.65. The Morgan fingerprint density at radius 1 is 1.44 bits per heavy atom. The molecule has 1 rings (SSSR count). The summed E-state index contributed by atoms with van der Waals surface area (Å²) in [5.74, 6) is 1.33. The summed E-state index contributed by atoms with van der Waals surface area (Å²) >= 11 is 5.41. The average molecular weight is 270 g/mol. The molecule has 0 fully saturated rings. The van der Waals surface area contributed by atoms with Gasteiger partial charge in [-0.15, -0.1) is 0 Å². The van der Waals surface area contributed by atoms with Crippen LogP contribution in [0.15, 0.2) is 18.2 Å². The molecule has 100 valence electrons. The van der Waals surface area contributed by atoms with Gasteiger partial charge in [-0.2, -0.15) is 0 Å². The third kappa shape index (κ3) is 3.91. The van der Waals surface area contributed by atoms with Crippen molar-refractivity contribution in [3.05, 3.63) is 29.3 Å². The summed E-state index contributed by atoms with van der Waals surface area (Å²) in [7, 11) is 3.35. The minimum Gasteiger partial charge on any atom is -0.496 e. The van der Waals surface area contributed by atoms with Crippen LogP contribution in [0, 0.1) is 0 Å². The Kier molecular flexibility index (Phi) is 5.48. The summed E-state index contributed by atoms with van der Waals surface area (Å²) in [5, 5.41) is -0.436. The molecule has 1 aromatic rings. The lowest BCUT2D eigenvalue weighted by Gasteiger charge is -2.16. The number of ether oxygens (including phenoxy) is 1. The van der Waals surface area contributed by atoms with Gasteiger partial charge in [-0.05, 0) is 41.1 Å². The first-order valence-corrected chi connectivity index (χ1v) is 6.41. The molecule has 3 nitrogen and oxygen atoms in total. The predicted molar refractivity (Wildman–Crippen MR) is 74.7 cm³/mol. The van der Waals surface area contributed by atoms with Crippen LogP contribution in [0.25, 0.3) is 0 Å². The van der Waals surface area contributed by atoms with E-state index in [2.05, 4.69) is 26.0 Å². The number of benzene rings is 1. The van der Waals surface area contributed by atoms with Gasteiger partial charge in [0.1, 0.15) is 5.75 Å². The van der Waals surface area contributed by atoms with E-state index in [0.717, 1.165) is 17.7 Å². The molecule has 0 bridgehead atoms. The molecule has 4 heteroatoms. The summed E-state index contributed by atoms with van der Waals surface area (Å²) in [6.45, 7) is 4.89. The quantitative estimate of drug-likeness (QED) is 0.603. The molecule has 1 aromatic carbocycles. The number of nitrogens with zero attached hydrogens (tertiary/aromatic N) is 1. The molecule has 18 heavy (non-hydrogen) atoms. The van der Waals surface area contributed by atoms with Gasteiger partial charge in [-0.1, -0.05) is 26.0 Å². The van der Waals surface area contributed by atoms with Crippen LogP contribution in [0.2, 0.25) is 0 Å². The minimum atomic E-state index is -0.436. The largest absolute Gasteiger partial charge is 0.496 e. The van der Waals surface area contributed by atoms with Crippen LogP contribution in [0.5, 0.6) is 5.75 Å². The highest BCUT2D eigenvalue weighted by molar-refractivity contribution is 6.62. The van der Waals surface area contributed by atoms with Crippen LogP contribution in [0.3, 0.4) is 0 Å². The summed E-state index contributed by atoms with van der Waals surface area (Å²) in [6, 6.07) is 6.19. The van der Waals surface area contributed by atoms with Crippen molar-refractivity contribution < 1.29 is 9.53 Å². The molecule has 0 radical (unpaired) electrons. The Labute approximate surface area is 114 Å². The fourth-order valence-electron chi connectivity index (χ4n) is 1.73. The van der Waals surface area contributed by atoms with E-state index in [0.29, 0.717) is 12.5 Å². The van der Waals surface area contributed by atoms with Crippen LogP contribution in [0.4, 0.5) is 4.79 Å². The number of hydrogen-bond acceptors (Lipinski definition) is 2. The van der Waals surface area contributed by atoms with Gasteiger partial charge >= 0.3 is 5.37 Å². The van der Waals surface area contributed by atoms with Gasteiger partial charge in [0.25, 0.3) is 0 Å². The molecule has 1 amide bonds. The molecule has 0 N–H and O–H groups in total. The van der Waals surface area contributed by atoms with E-state index in [1.165, 1.54) is 10.5 Å². The van der Waals surface area contributed by atoms with Crippen molar-refractivity contribution >= 4 is 17.0 Å². The highest BCUT2D eigenvalue weighted by Gasteiger charge is 2.09. The predicted octanol–water partition coefficient (Wildman–Crippen LogP) is 3.65. The number of amides is 1. The van der Waals surface area contributed by atoms with E-state index in [1.807, 2.05) is 6.07 Å². The van der Waals surface area contributed by atoms with E-state index in [4.69, 9.17) is 16.3 Å². The topological polar surface area (TPSA) is 29.5 Å². The molecule has 0 unspecified atom stereocenters. The molecule has 0 saturated heterocycles. The molecule has 0 spiro atoms. The first kappa shape index (κ1) is 14.8. The second kappa shape index (κ2) is 6.64. The highest BCUT2D eigenvalue weighted by Crippen LogP contribution is 2.24. The van der Waals surface area contributed by atoms with Crippen LogP contribution in [0.1, 0.15) is 30.9 Å². The van der Waals surface area contributed by atoms with Gasteiger partial charge in [0.15, 0.2) is 0 Å². The zero-order valence-corrected chi connectivity index (χ0v) is 12.1. The summed E-state index contributed by atoms with van der Waals surface area (Å²) in [5.41, 5.74) is 2.37. The van der Waals surface area contributed by atoms with Gasteiger partial charge in [0.05, 0.1) is 7.11 Å². The number of methoxy groups -OCH3 is 1. The third-order valence-corrected chi connectivity index (χ3v) is 3.28. The number of halogens is 1. The SMILES string of the molecule is COc1ccc(C(C)C)cc1CCN(C)C(=O)Cl. The van der Waals surface area contributed by atoms with E-state index < -0.39 is 5.37 Å². The maximum Gasteiger partial charge on any atom is 0.316 e.